The fourth-order valence-electron chi connectivity index (χ4n) is 3.64. The van der Waals surface area contributed by atoms with Gasteiger partial charge in [0.05, 0.1) is 25.0 Å². The largest absolute Gasteiger partial charge is 0.480 e. The molecular weight excluding hydrogens is 470 g/mol. The van der Waals surface area contributed by atoms with Crippen LogP contribution in [0.2, 0.25) is 0 Å². The zero-order chi connectivity index (χ0) is 26.2. The predicted octanol–water partition coefficient (Wildman–Crippen LogP) is -1.45. The Morgan fingerprint density at radius 2 is 1.83 bits per heavy atom. The molecule has 0 aliphatic carbocycles. The molecule has 0 aliphatic heterocycles. The van der Waals surface area contributed by atoms with E-state index in [1.54, 1.807) is 6.20 Å². The average molecular weight is 500 g/mol. The second kappa shape index (κ2) is 12.0. The molecule has 0 aliphatic rings. The summed E-state index contributed by atoms with van der Waals surface area (Å²) in [7, 11) is 0. The first-order valence-electron chi connectivity index (χ1n) is 11.2. The van der Waals surface area contributed by atoms with Gasteiger partial charge in [0.1, 0.15) is 6.04 Å². The number of benzene rings is 1. The SMILES string of the molecule is CC(O)C(NC(=O)CNC(=O)C(Cc1cnc[nH]1)NC(=O)C(N)Cc1c[nH]c2ccccc12)C(=O)O. The van der Waals surface area contributed by atoms with Gasteiger partial charge in [0.2, 0.25) is 17.7 Å². The van der Waals surface area contributed by atoms with Crippen molar-refractivity contribution in [1.82, 2.24) is 30.9 Å². The summed E-state index contributed by atoms with van der Waals surface area (Å²) in [5.41, 5.74) is 8.46. The van der Waals surface area contributed by atoms with Crippen molar-refractivity contribution in [3.8, 4) is 0 Å². The summed E-state index contributed by atoms with van der Waals surface area (Å²) in [5, 5.41) is 26.6. The van der Waals surface area contributed by atoms with Crippen molar-refractivity contribution >= 4 is 34.6 Å². The molecule has 36 heavy (non-hydrogen) atoms. The maximum absolute atomic E-state index is 12.9. The number of nitrogens with one attached hydrogen (secondary N) is 5. The number of aliphatic hydroxyl groups is 1. The van der Waals surface area contributed by atoms with Crippen molar-refractivity contribution in [2.45, 2.75) is 44.0 Å². The maximum atomic E-state index is 12.9. The molecule has 0 bridgehead atoms. The van der Waals surface area contributed by atoms with Crippen LogP contribution in [-0.4, -0.2) is 79.6 Å². The molecule has 4 atom stereocenters. The second-order valence-corrected chi connectivity index (χ2v) is 8.35. The first kappa shape index (κ1) is 26.4. The van der Waals surface area contributed by atoms with Gasteiger partial charge < -0.3 is 41.9 Å². The molecule has 4 unspecified atom stereocenters. The van der Waals surface area contributed by atoms with Crippen molar-refractivity contribution in [2.24, 2.45) is 5.73 Å². The van der Waals surface area contributed by atoms with Gasteiger partial charge in [0, 0.05) is 35.4 Å². The van der Waals surface area contributed by atoms with Crippen LogP contribution in [0.4, 0.5) is 0 Å². The lowest BCUT2D eigenvalue weighted by molar-refractivity contribution is -0.144. The molecule has 3 rings (SSSR count). The molecule has 0 spiro atoms. The van der Waals surface area contributed by atoms with Crippen LogP contribution in [0.1, 0.15) is 18.2 Å². The first-order chi connectivity index (χ1) is 17.2. The minimum absolute atomic E-state index is 0.0461. The molecule has 0 fully saturated rings. The summed E-state index contributed by atoms with van der Waals surface area (Å²) in [5.74, 6) is -3.49. The van der Waals surface area contributed by atoms with Gasteiger partial charge in [-0.05, 0) is 25.0 Å². The van der Waals surface area contributed by atoms with Crippen LogP contribution in [0.3, 0.4) is 0 Å². The number of H-pyrrole nitrogens is 2. The number of carboxylic acids is 1. The van der Waals surface area contributed by atoms with Crippen LogP contribution in [0, 0.1) is 0 Å². The van der Waals surface area contributed by atoms with Gasteiger partial charge in [-0.3, -0.25) is 14.4 Å². The van der Waals surface area contributed by atoms with E-state index in [-0.39, 0.29) is 12.8 Å². The highest BCUT2D eigenvalue weighted by Gasteiger charge is 2.27. The quantitative estimate of drug-likeness (QED) is 0.147. The summed E-state index contributed by atoms with van der Waals surface area (Å²) in [4.78, 5) is 58.8. The van der Waals surface area contributed by atoms with Crippen molar-refractivity contribution in [3.63, 3.8) is 0 Å². The topological polar surface area (TPSA) is 215 Å². The predicted molar refractivity (Wildman–Crippen MR) is 128 cm³/mol. The van der Waals surface area contributed by atoms with E-state index in [0.29, 0.717) is 5.69 Å². The molecule has 9 N–H and O–H groups in total. The molecule has 2 heterocycles. The van der Waals surface area contributed by atoms with E-state index in [1.165, 1.54) is 19.4 Å². The maximum Gasteiger partial charge on any atom is 0.328 e. The van der Waals surface area contributed by atoms with Crippen LogP contribution in [-0.2, 0) is 32.0 Å². The summed E-state index contributed by atoms with van der Waals surface area (Å²) < 4.78 is 0. The number of aliphatic carboxylic acids is 1. The zero-order valence-electron chi connectivity index (χ0n) is 19.5. The van der Waals surface area contributed by atoms with E-state index in [0.717, 1.165) is 16.5 Å². The van der Waals surface area contributed by atoms with Gasteiger partial charge in [-0.15, -0.1) is 0 Å². The summed E-state index contributed by atoms with van der Waals surface area (Å²) in [6.07, 6.45) is 3.63. The summed E-state index contributed by atoms with van der Waals surface area (Å²) in [6.45, 7) is 0.652. The Labute approximate surface area is 205 Å². The number of carboxylic acid groups (broad SMARTS) is 1. The molecule has 3 amide bonds. The number of hydrogen-bond acceptors (Lipinski definition) is 7. The minimum atomic E-state index is -1.53. The van der Waals surface area contributed by atoms with Gasteiger partial charge in [0.25, 0.3) is 0 Å². The normalized spacial score (nSPS) is 14.4. The lowest BCUT2D eigenvalue weighted by Gasteiger charge is -2.21. The van der Waals surface area contributed by atoms with Crippen molar-refractivity contribution < 1.29 is 29.4 Å². The van der Waals surface area contributed by atoms with Crippen LogP contribution in [0.25, 0.3) is 10.9 Å². The van der Waals surface area contributed by atoms with E-state index in [4.69, 9.17) is 10.8 Å². The second-order valence-electron chi connectivity index (χ2n) is 8.35. The molecule has 192 valence electrons. The standard InChI is InChI=1S/C23H29N7O6/c1-12(31)20(23(35)36)30-19(32)10-27-22(34)18(7-14-9-25-11-28-14)29-21(33)16(24)6-13-8-26-17-5-3-2-4-15(13)17/h2-5,8-9,11-12,16,18,20,26,31H,6-7,10,24H2,1H3,(H,25,28)(H,27,34)(H,29,33)(H,30,32)(H,35,36). The number of carbonyl (C=O) groups excluding carboxylic acids is 3. The third-order valence-corrected chi connectivity index (χ3v) is 5.55. The Balaban J connectivity index is 1.62. The van der Waals surface area contributed by atoms with Crippen molar-refractivity contribution in [1.29, 1.82) is 0 Å². The fraction of sp³-hybridized carbons (Fsp3) is 0.348. The molecule has 0 saturated carbocycles. The Bertz CT molecular complexity index is 1210. The number of imidazole rings is 1. The zero-order valence-corrected chi connectivity index (χ0v) is 19.5. The number of carbonyl (C=O) groups is 4. The molecule has 13 nitrogen and oxygen atoms in total. The molecule has 1 aromatic carbocycles. The number of aromatic amines is 2. The van der Waals surface area contributed by atoms with Crippen LogP contribution < -0.4 is 21.7 Å². The van der Waals surface area contributed by atoms with Crippen LogP contribution >= 0.6 is 0 Å². The molecule has 0 saturated heterocycles. The van der Waals surface area contributed by atoms with E-state index >= 15 is 0 Å². The highest BCUT2D eigenvalue weighted by atomic mass is 16.4. The van der Waals surface area contributed by atoms with Gasteiger partial charge >= 0.3 is 5.97 Å². The molecular formula is C23H29N7O6. The lowest BCUT2D eigenvalue weighted by Crippen LogP contribution is -2.55. The number of nitrogens with zero attached hydrogens (tertiary/aromatic N) is 1. The Morgan fingerprint density at radius 3 is 2.50 bits per heavy atom. The minimum Gasteiger partial charge on any atom is -0.480 e. The highest BCUT2D eigenvalue weighted by Crippen LogP contribution is 2.18. The number of aliphatic hydroxyl groups excluding tert-OH is 1. The third-order valence-electron chi connectivity index (χ3n) is 5.55. The Kier molecular flexibility index (Phi) is 8.76. The Morgan fingerprint density at radius 1 is 1.08 bits per heavy atom. The Hall–Kier alpha value is -4.23. The van der Waals surface area contributed by atoms with Crippen molar-refractivity contribution in [2.75, 3.05) is 6.54 Å². The molecule has 3 aromatic rings. The van der Waals surface area contributed by atoms with Crippen molar-refractivity contribution in [3.05, 3.63) is 54.2 Å². The fourth-order valence-corrected chi connectivity index (χ4v) is 3.64. The number of nitrogens with two attached hydrogens (primary N) is 1. The molecule has 13 heteroatoms. The summed E-state index contributed by atoms with van der Waals surface area (Å²) >= 11 is 0. The first-order valence-corrected chi connectivity index (χ1v) is 11.2. The smallest absolute Gasteiger partial charge is 0.328 e. The third kappa shape index (κ3) is 6.90. The number of fused-ring (bicyclic) bond motifs is 1. The number of amides is 3. The summed E-state index contributed by atoms with van der Waals surface area (Å²) in [6, 6.07) is 4.02. The number of aromatic nitrogens is 3. The average Bonchev–Trinajstić information content (AvgIpc) is 3.50. The van der Waals surface area contributed by atoms with Gasteiger partial charge in [-0.2, -0.15) is 0 Å². The van der Waals surface area contributed by atoms with Crippen LogP contribution in [0.15, 0.2) is 43.0 Å². The van der Waals surface area contributed by atoms with E-state index in [2.05, 4.69) is 30.9 Å². The molecule has 2 aromatic heterocycles. The van der Waals surface area contributed by atoms with E-state index in [1.807, 2.05) is 24.3 Å². The number of hydrogen-bond donors (Lipinski definition) is 8. The number of rotatable bonds is 12. The number of para-hydroxylation sites is 1. The van der Waals surface area contributed by atoms with Gasteiger partial charge in [0.15, 0.2) is 6.04 Å². The van der Waals surface area contributed by atoms with E-state index < -0.39 is 54.5 Å². The highest BCUT2D eigenvalue weighted by molar-refractivity contribution is 5.93. The van der Waals surface area contributed by atoms with Gasteiger partial charge in [-0.25, -0.2) is 9.78 Å². The molecule has 0 radical (unpaired) electrons. The van der Waals surface area contributed by atoms with E-state index in [9.17, 15) is 24.3 Å². The monoisotopic (exact) mass is 499 g/mol. The van der Waals surface area contributed by atoms with Crippen LogP contribution in [0.5, 0.6) is 0 Å². The van der Waals surface area contributed by atoms with Gasteiger partial charge in [-0.1, -0.05) is 18.2 Å². The lowest BCUT2D eigenvalue weighted by atomic mass is 10.0.